The number of carbonyl (C=O) groups is 1. The number of aliphatic hydroxyl groups is 1. The monoisotopic (exact) mass is 333 g/mol. The van der Waals surface area contributed by atoms with Crippen molar-refractivity contribution in [2.45, 2.75) is 19.1 Å². The number of anilines is 1. The largest absolute Gasteiger partial charge is 0.393 e. The van der Waals surface area contributed by atoms with Gasteiger partial charge in [-0.05, 0) is 36.8 Å². The van der Waals surface area contributed by atoms with Crippen molar-refractivity contribution in [3.8, 4) is 0 Å². The Bertz CT molecular complexity index is 764. The summed E-state index contributed by atoms with van der Waals surface area (Å²) < 4.78 is 12.9. The number of nitro benzene ring substituents is 1. The molecule has 1 amide bonds. The lowest BCUT2D eigenvalue weighted by atomic mass is 10.0. The molecule has 0 fully saturated rings. The average Bonchev–Trinajstić information content (AvgIpc) is 2.54. The van der Waals surface area contributed by atoms with Gasteiger partial charge >= 0.3 is 0 Å². The molecule has 2 atom stereocenters. The molecule has 24 heavy (non-hydrogen) atoms. The van der Waals surface area contributed by atoms with Gasteiger partial charge in [-0.2, -0.15) is 0 Å². The molecule has 0 aromatic heterocycles. The van der Waals surface area contributed by atoms with E-state index in [9.17, 15) is 24.4 Å². The molecular weight excluding hydrogens is 317 g/mol. The number of nitrogens with zero attached hydrogens (tertiary/aromatic N) is 1. The molecule has 0 saturated heterocycles. The Morgan fingerprint density at radius 3 is 2.50 bits per heavy atom. The molecule has 8 heteroatoms. The fourth-order valence-electron chi connectivity index (χ4n) is 2.16. The molecule has 0 radical (unpaired) electrons. The fraction of sp³-hybridized carbons (Fsp3) is 0.188. The van der Waals surface area contributed by atoms with Crippen molar-refractivity contribution >= 4 is 17.3 Å². The highest BCUT2D eigenvalue weighted by Crippen LogP contribution is 2.23. The molecule has 0 bridgehead atoms. The normalized spacial score (nSPS) is 13.1. The molecule has 2 aromatic rings. The summed E-state index contributed by atoms with van der Waals surface area (Å²) >= 11 is 0. The van der Waals surface area contributed by atoms with Gasteiger partial charge in [0.05, 0.1) is 17.1 Å². The number of amides is 1. The second-order valence-corrected chi connectivity index (χ2v) is 5.29. The second kappa shape index (κ2) is 7.05. The van der Waals surface area contributed by atoms with E-state index in [0.29, 0.717) is 5.56 Å². The Hall–Kier alpha value is -3.00. The van der Waals surface area contributed by atoms with Crippen molar-refractivity contribution in [2.24, 2.45) is 0 Å². The van der Waals surface area contributed by atoms with Gasteiger partial charge in [-0.1, -0.05) is 12.1 Å². The number of rotatable bonds is 5. The number of nitrogen functional groups attached to an aromatic ring is 1. The van der Waals surface area contributed by atoms with Crippen molar-refractivity contribution in [1.82, 2.24) is 5.32 Å². The molecular formula is C16H16FN3O4. The highest BCUT2D eigenvalue weighted by Gasteiger charge is 2.21. The summed E-state index contributed by atoms with van der Waals surface area (Å²) in [6, 6.07) is 8.24. The van der Waals surface area contributed by atoms with E-state index in [1.165, 1.54) is 36.4 Å². The zero-order chi connectivity index (χ0) is 17.9. The first-order valence-electron chi connectivity index (χ1n) is 7.08. The number of nitrogens with two attached hydrogens (primary N) is 1. The summed E-state index contributed by atoms with van der Waals surface area (Å²) in [6.45, 7) is 1.57. The zero-order valence-corrected chi connectivity index (χ0v) is 12.8. The smallest absolute Gasteiger partial charge is 0.292 e. The van der Waals surface area contributed by atoms with E-state index in [1.54, 1.807) is 6.92 Å². The lowest BCUT2D eigenvalue weighted by molar-refractivity contribution is -0.383. The molecule has 0 heterocycles. The number of halogens is 1. The minimum Gasteiger partial charge on any atom is -0.393 e. The molecule has 0 saturated carbocycles. The standard InChI is InChI=1S/C16H16FN3O4/c1-9(15(21)10-2-5-12(17)6-3-10)19-16(22)11-4-7-13(18)14(8-11)20(23)24/h2-9,15,21H,18H2,1H3,(H,19,22). The van der Waals surface area contributed by atoms with E-state index >= 15 is 0 Å². The average molecular weight is 333 g/mol. The van der Waals surface area contributed by atoms with Gasteiger partial charge in [0.15, 0.2) is 0 Å². The predicted octanol–water partition coefficient (Wildman–Crippen LogP) is 2.17. The van der Waals surface area contributed by atoms with Crippen molar-refractivity contribution in [1.29, 1.82) is 0 Å². The lowest BCUT2D eigenvalue weighted by Crippen LogP contribution is -2.37. The van der Waals surface area contributed by atoms with E-state index in [-0.39, 0.29) is 16.9 Å². The van der Waals surface area contributed by atoms with E-state index < -0.39 is 28.8 Å². The number of benzene rings is 2. The number of hydrogen-bond acceptors (Lipinski definition) is 5. The Kier molecular flexibility index (Phi) is 5.10. The van der Waals surface area contributed by atoms with Crippen molar-refractivity contribution < 1.29 is 19.2 Å². The van der Waals surface area contributed by atoms with Gasteiger partial charge in [0, 0.05) is 11.6 Å². The molecule has 0 aliphatic rings. The van der Waals surface area contributed by atoms with Gasteiger partial charge in [0.25, 0.3) is 11.6 Å². The number of nitrogens with one attached hydrogen (secondary N) is 1. The van der Waals surface area contributed by atoms with E-state index in [2.05, 4.69) is 5.32 Å². The molecule has 2 unspecified atom stereocenters. The maximum absolute atomic E-state index is 12.9. The van der Waals surface area contributed by atoms with Crippen LogP contribution in [-0.2, 0) is 0 Å². The molecule has 0 aliphatic heterocycles. The fourth-order valence-corrected chi connectivity index (χ4v) is 2.16. The van der Waals surface area contributed by atoms with Crippen LogP contribution in [0.3, 0.4) is 0 Å². The predicted molar refractivity (Wildman–Crippen MR) is 85.8 cm³/mol. The number of carbonyl (C=O) groups excluding carboxylic acids is 1. The Morgan fingerprint density at radius 2 is 1.92 bits per heavy atom. The highest BCUT2D eigenvalue weighted by molar-refractivity contribution is 5.95. The SMILES string of the molecule is CC(NC(=O)c1ccc(N)c([N+](=O)[O-])c1)C(O)c1ccc(F)cc1. The maximum Gasteiger partial charge on any atom is 0.292 e. The second-order valence-electron chi connectivity index (χ2n) is 5.29. The van der Waals surface area contributed by atoms with Crippen molar-refractivity contribution in [3.63, 3.8) is 0 Å². The van der Waals surface area contributed by atoms with Crippen LogP contribution in [0.4, 0.5) is 15.8 Å². The van der Waals surface area contributed by atoms with Crippen LogP contribution in [0, 0.1) is 15.9 Å². The van der Waals surface area contributed by atoms with E-state index in [0.717, 1.165) is 6.07 Å². The Morgan fingerprint density at radius 1 is 1.29 bits per heavy atom. The minimum absolute atomic E-state index is 0.0454. The highest BCUT2D eigenvalue weighted by atomic mass is 19.1. The van der Waals surface area contributed by atoms with Crippen LogP contribution in [0.1, 0.15) is 28.9 Å². The van der Waals surface area contributed by atoms with Crippen LogP contribution in [0.25, 0.3) is 0 Å². The first kappa shape index (κ1) is 17.4. The lowest BCUT2D eigenvalue weighted by Gasteiger charge is -2.20. The van der Waals surface area contributed by atoms with Gasteiger partial charge in [-0.25, -0.2) is 4.39 Å². The van der Waals surface area contributed by atoms with E-state index in [1.807, 2.05) is 0 Å². The van der Waals surface area contributed by atoms with Gasteiger partial charge < -0.3 is 16.2 Å². The van der Waals surface area contributed by atoms with Crippen LogP contribution in [0.2, 0.25) is 0 Å². The summed E-state index contributed by atoms with van der Waals surface area (Å²) in [6.07, 6.45) is -1.06. The molecule has 2 rings (SSSR count). The zero-order valence-electron chi connectivity index (χ0n) is 12.8. The van der Waals surface area contributed by atoms with Crippen LogP contribution in [0.5, 0.6) is 0 Å². The molecule has 7 nitrogen and oxygen atoms in total. The number of hydrogen-bond donors (Lipinski definition) is 3. The molecule has 0 spiro atoms. The summed E-state index contributed by atoms with van der Waals surface area (Å²) in [4.78, 5) is 22.4. The van der Waals surface area contributed by atoms with Crippen LogP contribution >= 0.6 is 0 Å². The number of nitro groups is 1. The molecule has 2 aromatic carbocycles. The van der Waals surface area contributed by atoms with Crippen LogP contribution in [0.15, 0.2) is 42.5 Å². The maximum atomic E-state index is 12.9. The third-order valence-corrected chi connectivity index (χ3v) is 3.53. The first-order chi connectivity index (χ1) is 11.3. The summed E-state index contributed by atoms with van der Waals surface area (Å²) in [7, 11) is 0. The van der Waals surface area contributed by atoms with Gasteiger partial charge in [0.2, 0.25) is 0 Å². The van der Waals surface area contributed by atoms with Gasteiger partial charge in [-0.15, -0.1) is 0 Å². The third kappa shape index (κ3) is 3.85. The summed E-state index contributed by atoms with van der Waals surface area (Å²) in [5.41, 5.74) is 5.56. The van der Waals surface area contributed by atoms with Gasteiger partial charge in [0.1, 0.15) is 11.5 Å². The quantitative estimate of drug-likeness (QED) is 0.440. The minimum atomic E-state index is -1.06. The van der Waals surface area contributed by atoms with Crippen molar-refractivity contribution in [3.05, 3.63) is 69.5 Å². The van der Waals surface area contributed by atoms with Crippen LogP contribution in [-0.4, -0.2) is 22.0 Å². The van der Waals surface area contributed by atoms with Crippen molar-refractivity contribution in [2.75, 3.05) is 5.73 Å². The topological polar surface area (TPSA) is 118 Å². The number of aliphatic hydroxyl groups excluding tert-OH is 1. The molecule has 0 aliphatic carbocycles. The molecule has 4 N–H and O–H groups in total. The summed E-state index contributed by atoms with van der Waals surface area (Å²) in [5.74, 6) is -1.02. The van der Waals surface area contributed by atoms with Crippen LogP contribution < -0.4 is 11.1 Å². The summed E-state index contributed by atoms with van der Waals surface area (Å²) in [5, 5.41) is 23.6. The Balaban J connectivity index is 2.12. The molecule has 126 valence electrons. The van der Waals surface area contributed by atoms with Gasteiger partial charge in [-0.3, -0.25) is 14.9 Å². The Labute approximate surface area is 137 Å². The van der Waals surface area contributed by atoms with E-state index in [4.69, 9.17) is 5.73 Å². The first-order valence-corrected chi connectivity index (χ1v) is 7.08. The third-order valence-electron chi connectivity index (χ3n) is 3.53.